The minimum Gasteiger partial charge on any atom is -0.481 e. The van der Waals surface area contributed by atoms with Crippen LogP contribution in [0.1, 0.15) is 17.5 Å². The van der Waals surface area contributed by atoms with Gasteiger partial charge in [0.05, 0.1) is 18.1 Å². The SMILES string of the molecule is Cc1cc(N2CCNC(=O)C2CC(=O)O)ccc1C#N. The van der Waals surface area contributed by atoms with Crippen molar-refractivity contribution in [1.29, 1.82) is 5.26 Å². The normalized spacial score (nSPS) is 18.3. The number of nitrogens with one attached hydrogen (secondary N) is 1. The van der Waals surface area contributed by atoms with E-state index >= 15 is 0 Å². The summed E-state index contributed by atoms with van der Waals surface area (Å²) in [6, 6.07) is 6.62. The molecule has 1 atom stereocenters. The van der Waals surface area contributed by atoms with Gasteiger partial charge in [-0.2, -0.15) is 5.26 Å². The van der Waals surface area contributed by atoms with Crippen LogP contribution in [0.2, 0.25) is 0 Å². The maximum atomic E-state index is 11.9. The largest absolute Gasteiger partial charge is 0.481 e. The predicted molar refractivity (Wildman–Crippen MR) is 72.3 cm³/mol. The third-order valence-corrected chi connectivity index (χ3v) is 3.36. The lowest BCUT2D eigenvalue weighted by Crippen LogP contribution is -2.56. The van der Waals surface area contributed by atoms with Crippen molar-refractivity contribution in [2.75, 3.05) is 18.0 Å². The van der Waals surface area contributed by atoms with Gasteiger partial charge in [0.25, 0.3) is 0 Å². The number of hydrogen-bond donors (Lipinski definition) is 2. The molecule has 0 bridgehead atoms. The molecule has 1 amide bonds. The highest BCUT2D eigenvalue weighted by Crippen LogP contribution is 2.23. The van der Waals surface area contributed by atoms with E-state index in [-0.39, 0.29) is 12.3 Å². The zero-order valence-electron chi connectivity index (χ0n) is 11.1. The minimum absolute atomic E-state index is 0.245. The molecule has 2 N–H and O–H groups in total. The Morgan fingerprint density at radius 1 is 1.60 bits per heavy atom. The Morgan fingerprint density at radius 3 is 2.95 bits per heavy atom. The van der Waals surface area contributed by atoms with Crippen LogP contribution in [-0.2, 0) is 9.59 Å². The molecule has 6 heteroatoms. The third kappa shape index (κ3) is 2.72. The Labute approximate surface area is 116 Å². The Morgan fingerprint density at radius 2 is 2.35 bits per heavy atom. The van der Waals surface area contributed by atoms with Gasteiger partial charge in [0, 0.05) is 18.8 Å². The van der Waals surface area contributed by atoms with Crippen molar-refractivity contribution in [2.45, 2.75) is 19.4 Å². The van der Waals surface area contributed by atoms with Gasteiger partial charge < -0.3 is 15.3 Å². The summed E-state index contributed by atoms with van der Waals surface area (Å²) in [5.74, 6) is -1.29. The van der Waals surface area contributed by atoms with Crippen LogP contribution in [0.4, 0.5) is 5.69 Å². The quantitative estimate of drug-likeness (QED) is 0.843. The highest BCUT2D eigenvalue weighted by atomic mass is 16.4. The second-order valence-electron chi connectivity index (χ2n) is 4.71. The maximum Gasteiger partial charge on any atom is 0.305 e. The number of amides is 1. The van der Waals surface area contributed by atoms with E-state index in [2.05, 4.69) is 11.4 Å². The highest BCUT2D eigenvalue weighted by Gasteiger charge is 2.31. The molecular weight excluding hydrogens is 258 g/mol. The number of carboxylic acids is 1. The van der Waals surface area contributed by atoms with Gasteiger partial charge in [0.1, 0.15) is 6.04 Å². The summed E-state index contributed by atoms with van der Waals surface area (Å²) in [6.07, 6.45) is -0.245. The summed E-state index contributed by atoms with van der Waals surface area (Å²) < 4.78 is 0. The fourth-order valence-corrected chi connectivity index (χ4v) is 2.34. The number of hydrogen-bond acceptors (Lipinski definition) is 4. The van der Waals surface area contributed by atoms with Gasteiger partial charge in [-0.1, -0.05) is 0 Å². The molecule has 1 saturated heterocycles. The Kier molecular flexibility index (Phi) is 3.89. The number of rotatable bonds is 3. The number of benzene rings is 1. The molecule has 104 valence electrons. The Balaban J connectivity index is 2.33. The zero-order chi connectivity index (χ0) is 14.7. The summed E-state index contributed by atoms with van der Waals surface area (Å²) >= 11 is 0. The number of anilines is 1. The van der Waals surface area contributed by atoms with Gasteiger partial charge in [0.15, 0.2) is 0 Å². The van der Waals surface area contributed by atoms with Crippen LogP contribution in [0.5, 0.6) is 0 Å². The summed E-state index contributed by atoms with van der Waals surface area (Å²) in [6.45, 7) is 2.85. The van der Waals surface area contributed by atoms with E-state index in [0.717, 1.165) is 11.3 Å². The number of carbonyl (C=O) groups is 2. The van der Waals surface area contributed by atoms with Gasteiger partial charge in [-0.25, -0.2) is 0 Å². The first-order chi connectivity index (χ1) is 9.52. The van der Waals surface area contributed by atoms with Crippen LogP contribution in [0.3, 0.4) is 0 Å². The fourth-order valence-electron chi connectivity index (χ4n) is 2.34. The first-order valence-electron chi connectivity index (χ1n) is 6.30. The summed E-state index contributed by atoms with van der Waals surface area (Å²) in [5.41, 5.74) is 2.15. The molecule has 6 nitrogen and oxygen atoms in total. The molecule has 1 unspecified atom stereocenters. The molecule has 0 saturated carbocycles. The number of carbonyl (C=O) groups excluding carboxylic acids is 1. The van der Waals surface area contributed by atoms with E-state index < -0.39 is 12.0 Å². The average Bonchev–Trinajstić information content (AvgIpc) is 2.40. The lowest BCUT2D eigenvalue weighted by Gasteiger charge is -2.36. The van der Waals surface area contributed by atoms with Crippen molar-refractivity contribution in [3.05, 3.63) is 29.3 Å². The molecule has 1 aliphatic rings. The van der Waals surface area contributed by atoms with Crippen LogP contribution in [0.15, 0.2) is 18.2 Å². The fraction of sp³-hybridized carbons (Fsp3) is 0.357. The number of nitrogens with zero attached hydrogens (tertiary/aromatic N) is 2. The smallest absolute Gasteiger partial charge is 0.305 e. The van der Waals surface area contributed by atoms with Crippen LogP contribution in [0.25, 0.3) is 0 Å². The van der Waals surface area contributed by atoms with E-state index in [0.29, 0.717) is 18.7 Å². The number of aliphatic carboxylic acids is 1. The predicted octanol–water partition coefficient (Wildman–Crippen LogP) is 0.646. The topological polar surface area (TPSA) is 93.4 Å². The number of carboxylic acid groups (broad SMARTS) is 1. The second kappa shape index (κ2) is 5.61. The lowest BCUT2D eigenvalue weighted by molar-refractivity contribution is -0.139. The monoisotopic (exact) mass is 273 g/mol. The second-order valence-corrected chi connectivity index (χ2v) is 4.71. The molecule has 1 aliphatic heterocycles. The van der Waals surface area contributed by atoms with Crippen LogP contribution < -0.4 is 10.2 Å². The molecule has 0 radical (unpaired) electrons. The van der Waals surface area contributed by atoms with Crippen molar-refractivity contribution in [2.24, 2.45) is 0 Å². The van der Waals surface area contributed by atoms with Gasteiger partial charge in [-0.05, 0) is 30.7 Å². The molecule has 1 heterocycles. The van der Waals surface area contributed by atoms with Crippen molar-refractivity contribution in [3.63, 3.8) is 0 Å². The molecule has 0 spiro atoms. The number of nitriles is 1. The summed E-state index contributed by atoms with van der Waals surface area (Å²) in [7, 11) is 0. The van der Waals surface area contributed by atoms with E-state index in [1.807, 2.05) is 13.0 Å². The standard InChI is InChI=1S/C14H15N3O3/c1-9-6-11(3-2-10(9)8-15)17-5-4-16-14(20)12(17)7-13(18)19/h2-3,6,12H,4-5,7H2,1H3,(H,16,20)(H,18,19). The van der Waals surface area contributed by atoms with E-state index in [1.165, 1.54) is 0 Å². The third-order valence-electron chi connectivity index (χ3n) is 3.36. The van der Waals surface area contributed by atoms with E-state index in [1.54, 1.807) is 17.0 Å². The van der Waals surface area contributed by atoms with Crippen LogP contribution >= 0.6 is 0 Å². The highest BCUT2D eigenvalue weighted by molar-refractivity contribution is 5.90. The Bertz CT molecular complexity index is 592. The van der Waals surface area contributed by atoms with Crippen LogP contribution in [0, 0.1) is 18.3 Å². The molecule has 0 aromatic heterocycles. The van der Waals surface area contributed by atoms with Crippen LogP contribution in [-0.4, -0.2) is 36.1 Å². The molecule has 1 fully saturated rings. The van der Waals surface area contributed by atoms with Gasteiger partial charge in [0.2, 0.25) is 5.91 Å². The number of piperazine rings is 1. The van der Waals surface area contributed by atoms with Gasteiger partial charge >= 0.3 is 5.97 Å². The van der Waals surface area contributed by atoms with Gasteiger partial charge in [-0.15, -0.1) is 0 Å². The average molecular weight is 273 g/mol. The first-order valence-corrected chi connectivity index (χ1v) is 6.30. The molecule has 2 rings (SSSR count). The lowest BCUT2D eigenvalue weighted by atomic mass is 10.0. The van der Waals surface area contributed by atoms with Gasteiger partial charge in [-0.3, -0.25) is 9.59 Å². The van der Waals surface area contributed by atoms with E-state index in [9.17, 15) is 9.59 Å². The molecule has 0 aliphatic carbocycles. The van der Waals surface area contributed by atoms with Crippen molar-refractivity contribution < 1.29 is 14.7 Å². The number of aryl methyl sites for hydroxylation is 1. The minimum atomic E-state index is -1.01. The molecule has 1 aromatic carbocycles. The Hall–Kier alpha value is -2.55. The molecule has 20 heavy (non-hydrogen) atoms. The van der Waals surface area contributed by atoms with E-state index in [4.69, 9.17) is 10.4 Å². The zero-order valence-corrected chi connectivity index (χ0v) is 11.1. The molecular formula is C14H15N3O3. The van der Waals surface area contributed by atoms with Crippen molar-refractivity contribution in [3.8, 4) is 6.07 Å². The summed E-state index contributed by atoms with van der Waals surface area (Å²) in [5, 5.41) is 20.5. The first kappa shape index (κ1) is 13.9. The summed E-state index contributed by atoms with van der Waals surface area (Å²) in [4.78, 5) is 24.5. The molecule has 1 aromatic rings. The maximum absolute atomic E-state index is 11.9. The van der Waals surface area contributed by atoms with Crippen molar-refractivity contribution in [1.82, 2.24) is 5.32 Å². The van der Waals surface area contributed by atoms with Crippen molar-refractivity contribution >= 4 is 17.6 Å².